The minimum atomic E-state index is -1.61. The van der Waals surface area contributed by atoms with Crippen LogP contribution in [0.25, 0.3) is 0 Å². The van der Waals surface area contributed by atoms with Crippen molar-refractivity contribution in [3.05, 3.63) is 0 Å². The van der Waals surface area contributed by atoms with Crippen molar-refractivity contribution in [2.75, 3.05) is 0 Å². The molecule has 1 fully saturated rings. The smallest absolute Gasteiger partial charge is 0.266 e. The van der Waals surface area contributed by atoms with Gasteiger partial charge in [-0.05, 0) is 25.7 Å². The van der Waals surface area contributed by atoms with E-state index in [0.29, 0.717) is 0 Å². The highest BCUT2D eigenvalue weighted by Crippen LogP contribution is 2.29. The molecule has 0 aromatic rings. The van der Waals surface area contributed by atoms with E-state index in [2.05, 4.69) is 5.16 Å². The van der Waals surface area contributed by atoms with Gasteiger partial charge in [0.2, 0.25) is 0 Å². The Hall–Kier alpha value is 0.630. The number of hydrogen-bond donors (Lipinski definition) is 1. The van der Waals surface area contributed by atoms with Crippen molar-refractivity contribution < 1.29 is 5.21 Å². The summed E-state index contributed by atoms with van der Waals surface area (Å²) in [5.41, 5.74) is 0.983. The van der Waals surface area contributed by atoms with Crippen LogP contribution in [0.1, 0.15) is 32.1 Å². The summed E-state index contributed by atoms with van der Waals surface area (Å²) in [7, 11) is 0. The molecule has 1 N–H and O–H groups in total. The van der Waals surface area contributed by atoms with Gasteiger partial charge in [-0.15, -0.1) is 0 Å². The average molecular weight is 267 g/mol. The normalized spacial score (nSPS) is 17.4. The predicted molar refractivity (Wildman–Crippen MR) is 58.4 cm³/mol. The van der Waals surface area contributed by atoms with Gasteiger partial charge in [-0.2, -0.15) is 0 Å². The zero-order chi connectivity index (χ0) is 10.3. The van der Waals surface area contributed by atoms with Gasteiger partial charge >= 0.3 is 0 Å². The minimum absolute atomic E-state index is 0.983. The van der Waals surface area contributed by atoms with E-state index >= 15 is 0 Å². The Bertz CT molecular complexity index is 152. The van der Waals surface area contributed by atoms with Crippen molar-refractivity contribution in [3.63, 3.8) is 0 Å². The highest BCUT2D eigenvalue weighted by molar-refractivity contribution is 6.83. The summed E-state index contributed by atoms with van der Waals surface area (Å²) in [6.45, 7) is 0. The summed E-state index contributed by atoms with van der Waals surface area (Å²) in [5, 5.41) is 11.4. The van der Waals surface area contributed by atoms with Crippen LogP contribution in [-0.2, 0) is 0 Å². The Morgan fingerprint density at radius 2 is 1.38 bits per heavy atom. The van der Waals surface area contributed by atoms with Crippen LogP contribution < -0.4 is 0 Å². The summed E-state index contributed by atoms with van der Waals surface area (Å²) < 4.78 is -1.61. The van der Waals surface area contributed by atoms with Crippen molar-refractivity contribution in [1.82, 2.24) is 0 Å². The first-order valence-corrected chi connectivity index (χ1v) is 5.40. The maximum Gasteiger partial charge on any atom is 0.266 e. The lowest BCUT2D eigenvalue weighted by Crippen LogP contribution is -2.03. The van der Waals surface area contributed by atoms with Gasteiger partial charge in [0.15, 0.2) is 0 Å². The summed E-state index contributed by atoms with van der Waals surface area (Å²) >= 11 is 19.3. The molecule has 6 heteroatoms. The Balaban J connectivity index is 0.000000252. The van der Waals surface area contributed by atoms with Gasteiger partial charge in [0.05, 0.1) is 5.71 Å². The topological polar surface area (TPSA) is 32.6 Å². The molecule has 0 atom stereocenters. The number of nitrogens with zero attached hydrogens (tertiary/aromatic N) is 1. The molecule has 0 heterocycles. The maximum atomic E-state index is 8.28. The van der Waals surface area contributed by atoms with Crippen molar-refractivity contribution in [2.45, 2.75) is 35.4 Å². The molecule has 0 aromatic heterocycles. The molecular weight excluding hydrogens is 256 g/mol. The highest BCUT2D eigenvalue weighted by atomic mass is 35.6. The van der Waals surface area contributed by atoms with Gasteiger partial charge in [-0.3, -0.25) is 0 Å². The van der Waals surface area contributed by atoms with Gasteiger partial charge in [0, 0.05) is 0 Å². The van der Waals surface area contributed by atoms with Crippen molar-refractivity contribution in [1.29, 1.82) is 0 Å². The summed E-state index contributed by atoms with van der Waals surface area (Å²) in [5.74, 6) is 0. The second-order valence-electron chi connectivity index (χ2n) is 2.66. The van der Waals surface area contributed by atoms with E-state index in [1.807, 2.05) is 0 Å². The van der Waals surface area contributed by atoms with Crippen LogP contribution in [0.15, 0.2) is 5.16 Å². The first kappa shape index (κ1) is 13.6. The molecular formula is C7H11Cl4NO. The largest absolute Gasteiger partial charge is 0.411 e. The molecule has 0 aromatic carbocycles. The standard InChI is InChI=1S/C6H11NO.CCl4/c8-7-6-4-2-1-3-5-6;2-1(3,4)5/h8H,1-5H2;. The quantitative estimate of drug-likeness (QED) is 0.395. The minimum Gasteiger partial charge on any atom is -0.411 e. The lowest BCUT2D eigenvalue weighted by molar-refractivity contribution is 0.314. The molecule has 1 aliphatic carbocycles. The molecule has 0 radical (unpaired) electrons. The Morgan fingerprint density at radius 3 is 1.62 bits per heavy atom. The molecule has 0 saturated heterocycles. The molecule has 0 bridgehead atoms. The molecule has 0 spiro atoms. The van der Waals surface area contributed by atoms with Gasteiger partial charge in [0.1, 0.15) is 0 Å². The second kappa shape index (κ2) is 6.99. The SMILES string of the molecule is ClC(Cl)(Cl)Cl.ON=C1CCCCC1. The number of alkyl halides is 4. The lowest BCUT2D eigenvalue weighted by atomic mass is 9.99. The van der Waals surface area contributed by atoms with Crippen LogP contribution in [0.2, 0.25) is 0 Å². The Morgan fingerprint density at radius 1 is 1.00 bits per heavy atom. The van der Waals surface area contributed by atoms with E-state index in [1.165, 1.54) is 19.3 Å². The van der Waals surface area contributed by atoms with Crippen molar-refractivity contribution in [3.8, 4) is 0 Å². The molecule has 0 unspecified atom stereocenters. The Kier molecular flexibility index (Phi) is 7.33. The van der Waals surface area contributed by atoms with E-state index in [1.54, 1.807) is 0 Å². The summed E-state index contributed by atoms with van der Waals surface area (Å²) in [6, 6.07) is 0. The van der Waals surface area contributed by atoms with Gasteiger partial charge in [0.25, 0.3) is 3.25 Å². The van der Waals surface area contributed by atoms with Crippen LogP contribution in [-0.4, -0.2) is 14.2 Å². The van der Waals surface area contributed by atoms with Crippen molar-refractivity contribution >= 4 is 52.1 Å². The number of halogens is 4. The molecule has 1 aliphatic rings. The molecule has 2 nitrogen and oxygen atoms in total. The Labute approximate surface area is 97.8 Å². The third-order valence-electron chi connectivity index (χ3n) is 1.57. The number of oxime groups is 1. The molecule has 1 saturated carbocycles. The maximum absolute atomic E-state index is 8.28. The van der Waals surface area contributed by atoms with Crippen LogP contribution in [0.4, 0.5) is 0 Å². The summed E-state index contributed by atoms with van der Waals surface area (Å²) in [6.07, 6.45) is 5.74. The fraction of sp³-hybridized carbons (Fsp3) is 0.857. The van der Waals surface area contributed by atoms with Crippen LogP contribution in [0.3, 0.4) is 0 Å². The highest BCUT2D eigenvalue weighted by Gasteiger charge is 2.11. The second-order valence-corrected chi connectivity index (χ2v) is 6.08. The lowest BCUT2D eigenvalue weighted by Gasteiger charge is -2.08. The summed E-state index contributed by atoms with van der Waals surface area (Å²) in [4.78, 5) is 0. The molecule has 13 heavy (non-hydrogen) atoms. The van der Waals surface area contributed by atoms with Crippen LogP contribution in [0, 0.1) is 0 Å². The average Bonchev–Trinajstić information content (AvgIpc) is 2.03. The first-order valence-electron chi connectivity index (χ1n) is 3.89. The number of rotatable bonds is 0. The van der Waals surface area contributed by atoms with E-state index in [9.17, 15) is 0 Å². The van der Waals surface area contributed by atoms with Crippen LogP contribution >= 0.6 is 46.4 Å². The zero-order valence-corrected chi connectivity index (χ0v) is 9.97. The third-order valence-corrected chi connectivity index (χ3v) is 1.57. The van der Waals surface area contributed by atoms with E-state index in [-0.39, 0.29) is 0 Å². The fourth-order valence-electron chi connectivity index (χ4n) is 1.06. The van der Waals surface area contributed by atoms with E-state index in [0.717, 1.165) is 18.6 Å². The van der Waals surface area contributed by atoms with Crippen molar-refractivity contribution in [2.24, 2.45) is 5.16 Å². The van der Waals surface area contributed by atoms with Gasteiger partial charge < -0.3 is 5.21 Å². The molecule has 1 rings (SSSR count). The zero-order valence-electron chi connectivity index (χ0n) is 6.94. The fourth-order valence-corrected chi connectivity index (χ4v) is 1.06. The first-order chi connectivity index (χ1) is 5.93. The van der Waals surface area contributed by atoms with E-state index in [4.69, 9.17) is 51.6 Å². The monoisotopic (exact) mass is 265 g/mol. The molecule has 78 valence electrons. The molecule has 0 amide bonds. The third kappa shape index (κ3) is 12.6. The number of hydrogen-bond acceptors (Lipinski definition) is 2. The molecule has 0 aliphatic heterocycles. The van der Waals surface area contributed by atoms with Gasteiger partial charge in [-0.1, -0.05) is 58.0 Å². The van der Waals surface area contributed by atoms with E-state index < -0.39 is 3.25 Å². The predicted octanol–water partition coefficient (Wildman–Crippen LogP) is 4.33. The van der Waals surface area contributed by atoms with Gasteiger partial charge in [-0.25, -0.2) is 0 Å². The van der Waals surface area contributed by atoms with Crippen LogP contribution in [0.5, 0.6) is 0 Å².